The van der Waals surface area contributed by atoms with Crippen molar-refractivity contribution < 1.29 is 4.79 Å². The Labute approximate surface area is 117 Å². The van der Waals surface area contributed by atoms with Gasteiger partial charge in [0.15, 0.2) is 0 Å². The van der Waals surface area contributed by atoms with Gasteiger partial charge >= 0.3 is 0 Å². The molecule has 1 heterocycles. The lowest BCUT2D eigenvalue weighted by molar-refractivity contribution is -0.116. The van der Waals surface area contributed by atoms with Gasteiger partial charge in [0.05, 0.1) is 6.54 Å². The lowest BCUT2D eigenvalue weighted by Crippen LogP contribution is -2.34. The van der Waals surface area contributed by atoms with Crippen molar-refractivity contribution in [1.82, 2.24) is 9.97 Å². The monoisotopic (exact) mass is 271 g/mol. The first kappa shape index (κ1) is 13.8. The third-order valence-corrected chi connectivity index (χ3v) is 2.72. The summed E-state index contributed by atoms with van der Waals surface area (Å²) in [6, 6.07) is 7.45. The number of amides is 1. The summed E-state index contributed by atoms with van der Waals surface area (Å²) in [4.78, 5) is 21.4. The number of benzene rings is 1. The number of hydrogen-bond donors (Lipinski definition) is 2. The van der Waals surface area contributed by atoms with E-state index >= 15 is 0 Å². The highest BCUT2D eigenvalue weighted by molar-refractivity contribution is 5.78. The zero-order valence-corrected chi connectivity index (χ0v) is 11.3. The summed E-state index contributed by atoms with van der Waals surface area (Å²) >= 11 is 0. The van der Waals surface area contributed by atoms with Crippen molar-refractivity contribution >= 4 is 17.5 Å². The second-order valence-corrected chi connectivity index (χ2v) is 4.63. The number of hydrogen-bond acceptors (Lipinski definition) is 5. The number of carbonyl (C=O) groups is 1. The van der Waals surface area contributed by atoms with Gasteiger partial charge in [0.2, 0.25) is 11.9 Å². The third-order valence-electron chi connectivity index (χ3n) is 2.72. The average Bonchev–Trinajstić information content (AvgIpc) is 2.38. The van der Waals surface area contributed by atoms with Crippen LogP contribution < -0.4 is 16.4 Å². The van der Waals surface area contributed by atoms with E-state index in [1.54, 1.807) is 17.3 Å². The van der Waals surface area contributed by atoms with Gasteiger partial charge in [0, 0.05) is 24.6 Å². The number of aromatic nitrogens is 2. The van der Waals surface area contributed by atoms with Gasteiger partial charge in [-0.2, -0.15) is 0 Å². The van der Waals surface area contributed by atoms with Crippen LogP contribution in [-0.4, -0.2) is 22.4 Å². The molecule has 2 rings (SSSR count). The van der Waals surface area contributed by atoms with E-state index in [-0.39, 0.29) is 6.54 Å². The molecule has 1 aromatic heterocycles. The molecular formula is C14H17N5O. The predicted molar refractivity (Wildman–Crippen MR) is 77.9 cm³/mol. The first-order valence-corrected chi connectivity index (χ1v) is 6.21. The molecule has 0 fully saturated rings. The van der Waals surface area contributed by atoms with Crippen LogP contribution in [-0.2, 0) is 11.3 Å². The van der Waals surface area contributed by atoms with Crippen molar-refractivity contribution in [1.29, 1.82) is 0 Å². The number of carbonyl (C=O) groups excluding carboxylic acids is 1. The summed E-state index contributed by atoms with van der Waals surface area (Å²) in [5.41, 5.74) is 13.6. The van der Waals surface area contributed by atoms with Crippen molar-refractivity contribution in [2.45, 2.75) is 13.5 Å². The SMILES string of the molecule is Cc1cnc(N(CC(N)=O)Cc2cccc(N)c2)nc1. The minimum atomic E-state index is -0.432. The van der Waals surface area contributed by atoms with E-state index < -0.39 is 5.91 Å². The van der Waals surface area contributed by atoms with E-state index in [0.29, 0.717) is 18.2 Å². The standard InChI is InChI=1S/C14H17N5O/c1-10-6-17-14(18-7-10)19(9-13(16)20)8-11-3-2-4-12(15)5-11/h2-7H,8-9,15H2,1H3,(H2,16,20). The molecule has 0 radical (unpaired) electrons. The number of nitrogens with two attached hydrogens (primary N) is 2. The topological polar surface area (TPSA) is 98.1 Å². The second kappa shape index (κ2) is 6.01. The normalized spacial score (nSPS) is 10.2. The molecule has 0 bridgehead atoms. The molecule has 104 valence electrons. The zero-order valence-electron chi connectivity index (χ0n) is 11.3. The van der Waals surface area contributed by atoms with Gasteiger partial charge < -0.3 is 16.4 Å². The summed E-state index contributed by atoms with van der Waals surface area (Å²) in [6.45, 7) is 2.43. The maximum absolute atomic E-state index is 11.2. The van der Waals surface area contributed by atoms with E-state index in [1.807, 2.05) is 31.2 Å². The largest absolute Gasteiger partial charge is 0.399 e. The quantitative estimate of drug-likeness (QED) is 0.786. The van der Waals surface area contributed by atoms with E-state index in [9.17, 15) is 4.79 Å². The molecule has 0 spiro atoms. The minimum Gasteiger partial charge on any atom is -0.399 e. The van der Waals surface area contributed by atoms with Crippen LogP contribution in [0.4, 0.5) is 11.6 Å². The fourth-order valence-electron chi connectivity index (χ4n) is 1.85. The fourth-order valence-corrected chi connectivity index (χ4v) is 1.85. The van der Waals surface area contributed by atoms with E-state index in [0.717, 1.165) is 11.1 Å². The molecule has 0 unspecified atom stereocenters. The fraction of sp³-hybridized carbons (Fsp3) is 0.214. The molecule has 6 heteroatoms. The van der Waals surface area contributed by atoms with Crippen LogP contribution in [0, 0.1) is 6.92 Å². The maximum Gasteiger partial charge on any atom is 0.237 e. The van der Waals surface area contributed by atoms with Crippen molar-refractivity contribution in [3.05, 3.63) is 47.8 Å². The number of primary amides is 1. The summed E-state index contributed by atoms with van der Waals surface area (Å²) < 4.78 is 0. The Morgan fingerprint density at radius 1 is 1.30 bits per heavy atom. The van der Waals surface area contributed by atoms with Crippen LogP contribution in [0.2, 0.25) is 0 Å². The number of nitrogen functional groups attached to an aromatic ring is 1. The van der Waals surface area contributed by atoms with Gasteiger partial charge in [-0.05, 0) is 30.2 Å². The highest BCUT2D eigenvalue weighted by Gasteiger charge is 2.13. The van der Waals surface area contributed by atoms with Crippen LogP contribution in [0.15, 0.2) is 36.7 Å². The van der Waals surface area contributed by atoms with Gasteiger partial charge in [-0.1, -0.05) is 12.1 Å². The van der Waals surface area contributed by atoms with Crippen LogP contribution in [0.1, 0.15) is 11.1 Å². The number of nitrogens with zero attached hydrogens (tertiary/aromatic N) is 3. The molecule has 2 aromatic rings. The minimum absolute atomic E-state index is 0.0534. The van der Waals surface area contributed by atoms with Gasteiger partial charge in [0.1, 0.15) is 0 Å². The Balaban J connectivity index is 2.23. The first-order valence-electron chi connectivity index (χ1n) is 6.21. The molecule has 1 amide bonds. The average molecular weight is 271 g/mol. The predicted octanol–water partition coefficient (Wildman–Crippen LogP) is 0.859. The molecule has 20 heavy (non-hydrogen) atoms. The van der Waals surface area contributed by atoms with Crippen LogP contribution in [0.3, 0.4) is 0 Å². The Bertz CT molecular complexity index is 597. The summed E-state index contributed by atoms with van der Waals surface area (Å²) in [7, 11) is 0. The van der Waals surface area contributed by atoms with Crippen LogP contribution >= 0.6 is 0 Å². The van der Waals surface area contributed by atoms with Gasteiger partial charge in [0.25, 0.3) is 0 Å². The molecule has 0 aliphatic carbocycles. The molecular weight excluding hydrogens is 254 g/mol. The van der Waals surface area contributed by atoms with E-state index in [4.69, 9.17) is 11.5 Å². The Morgan fingerprint density at radius 3 is 2.60 bits per heavy atom. The van der Waals surface area contributed by atoms with Crippen molar-refractivity contribution in [2.24, 2.45) is 5.73 Å². The lowest BCUT2D eigenvalue weighted by Gasteiger charge is -2.21. The highest BCUT2D eigenvalue weighted by Crippen LogP contribution is 2.14. The molecule has 0 saturated heterocycles. The summed E-state index contributed by atoms with van der Waals surface area (Å²) in [6.07, 6.45) is 3.41. The van der Waals surface area contributed by atoms with Gasteiger partial charge in [-0.25, -0.2) is 9.97 Å². The number of anilines is 2. The number of rotatable bonds is 5. The molecule has 6 nitrogen and oxygen atoms in total. The third kappa shape index (κ3) is 3.68. The molecule has 0 saturated carbocycles. The Morgan fingerprint density at radius 2 is 2.00 bits per heavy atom. The highest BCUT2D eigenvalue weighted by atomic mass is 16.1. The smallest absolute Gasteiger partial charge is 0.237 e. The Kier molecular flexibility index (Phi) is 4.14. The lowest BCUT2D eigenvalue weighted by atomic mass is 10.2. The van der Waals surface area contributed by atoms with Crippen molar-refractivity contribution in [3.63, 3.8) is 0 Å². The van der Waals surface area contributed by atoms with Crippen LogP contribution in [0.5, 0.6) is 0 Å². The molecule has 0 aliphatic heterocycles. The molecule has 1 aromatic carbocycles. The maximum atomic E-state index is 11.2. The second-order valence-electron chi connectivity index (χ2n) is 4.63. The molecule has 0 aliphatic rings. The summed E-state index contributed by atoms with van der Waals surface area (Å²) in [5.74, 6) is 0.0369. The van der Waals surface area contributed by atoms with E-state index in [2.05, 4.69) is 9.97 Å². The summed E-state index contributed by atoms with van der Waals surface area (Å²) in [5, 5.41) is 0. The molecule has 4 N–H and O–H groups in total. The van der Waals surface area contributed by atoms with Crippen LogP contribution in [0.25, 0.3) is 0 Å². The van der Waals surface area contributed by atoms with Gasteiger partial charge in [-0.15, -0.1) is 0 Å². The van der Waals surface area contributed by atoms with Crippen molar-refractivity contribution in [2.75, 3.05) is 17.2 Å². The van der Waals surface area contributed by atoms with Gasteiger partial charge in [-0.3, -0.25) is 4.79 Å². The first-order chi connectivity index (χ1) is 9.54. The molecule has 0 atom stereocenters. The van der Waals surface area contributed by atoms with E-state index in [1.165, 1.54) is 0 Å². The van der Waals surface area contributed by atoms with Crippen molar-refractivity contribution in [3.8, 4) is 0 Å². The Hall–Kier alpha value is -2.63. The zero-order chi connectivity index (χ0) is 14.5. The number of aryl methyl sites for hydroxylation is 1.